The van der Waals surface area contributed by atoms with Crippen LogP contribution in [0.2, 0.25) is 0 Å². The number of hydrogen-bond acceptors (Lipinski definition) is 8. The lowest BCUT2D eigenvalue weighted by atomic mass is 10.0. The van der Waals surface area contributed by atoms with E-state index in [0.717, 1.165) is 16.8 Å². The van der Waals surface area contributed by atoms with E-state index in [1.807, 2.05) is 61.5 Å². The molecule has 0 saturated carbocycles. The molecule has 10 N–H and O–H groups in total. The number of nitrogens with one attached hydrogen (secondary N) is 4. The second kappa shape index (κ2) is 21.7. The molecule has 1 fully saturated rings. The molecule has 1 aliphatic heterocycles. The summed E-state index contributed by atoms with van der Waals surface area (Å²) in [6, 6.07) is 28.1. The molecule has 1 aliphatic rings. The van der Waals surface area contributed by atoms with Crippen LogP contribution in [0, 0.1) is 6.92 Å². The maximum Gasteiger partial charge on any atom is 0.251 e. The molecule has 1 heterocycles. The van der Waals surface area contributed by atoms with Crippen molar-refractivity contribution in [2.24, 2.45) is 22.2 Å². The van der Waals surface area contributed by atoms with Crippen LogP contribution in [0.1, 0.15) is 65.2 Å². The summed E-state index contributed by atoms with van der Waals surface area (Å²) in [4.78, 5) is 74.2. The molecule has 15 heteroatoms. The molecule has 4 aromatic carbocycles. The maximum absolute atomic E-state index is 14.2. The lowest BCUT2D eigenvalue weighted by Gasteiger charge is -2.39. The number of benzene rings is 4. The number of amides is 5. The third-order valence-electron chi connectivity index (χ3n) is 9.75. The summed E-state index contributed by atoms with van der Waals surface area (Å²) in [7, 11) is 0. The summed E-state index contributed by atoms with van der Waals surface area (Å²) in [5.41, 5.74) is 20.2. The Morgan fingerprint density at radius 2 is 1.44 bits per heavy atom. The van der Waals surface area contributed by atoms with E-state index in [-0.39, 0.29) is 37.8 Å². The van der Waals surface area contributed by atoms with Crippen LogP contribution in [0.15, 0.2) is 114 Å². The van der Waals surface area contributed by atoms with Gasteiger partial charge in [-0.25, -0.2) is 0 Å². The first-order chi connectivity index (χ1) is 28.5. The Labute approximate surface area is 344 Å². The van der Waals surface area contributed by atoms with E-state index in [1.165, 1.54) is 0 Å². The van der Waals surface area contributed by atoms with E-state index in [1.54, 1.807) is 59.5 Å². The summed E-state index contributed by atoms with van der Waals surface area (Å²) >= 11 is 0. The van der Waals surface area contributed by atoms with Gasteiger partial charge in [0.1, 0.15) is 36.5 Å². The van der Waals surface area contributed by atoms with Crippen LogP contribution in [0.5, 0.6) is 5.75 Å². The molecule has 59 heavy (non-hydrogen) atoms. The van der Waals surface area contributed by atoms with Crippen LogP contribution < -0.4 is 48.1 Å². The number of β-lactam (4-membered cyclic amide) rings is 1. The fourth-order valence-electron chi connectivity index (χ4n) is 6.50. The van der Waals surface area contributed by atoms with Crippen molar-refractivity contribution in [3.8, 4) is 5.75 Å². The van der Waals surface area contributed by atoms with Gasteiger partial charge >= 0.3 is 0 Å². The Balaban J connectivity index is 1.35. The molecule has 0 bridgehead atoms. The third-order valence-corrected chi connectivity index (χ3v) is 9.75. The van der Waals surface area contributed by atoms with E-state index in [2.05, 4.69) is 26.3 Å². The molecule has 0 unspecified atom stereocenters. The average molecular weight is 804 g/mol. The molecule has 0 radical (unpaired) electrons. The minimum absolute atomic E-state index is 0.103. The van der Waals surface area contributed by atoms with Crippen molar-refractivity contribution >= 4 is 41.2 Å². The number of nitrogens with two attached hydrogens (primary N) is 3. The molecule has 4 atom stereocenters. The highest BCUT2D eigenvalue weighted by Gasteiger charge is 2.40. The molecule has 5 rings (SSSR count). The third kappa shape index (κ3) is 12.9. The van der Waals surface area contributed by atoms with Crippen LogP contribution in [0.3, 0.4) is 0 Å². The minimum Gasteiger partial charge on any atom is -0.489 e. The highest BCUT2D eigenvalue weighted by Crippen LogP contribution is 2.25. The predicted molar refractivity (Wildman–Crippen MR) is 226 cm³/mol. The SMILES string of the molecule is Cc1cccc(N2C[C@H](NC(=O)[C@H](NC(=O)[C@H](CCCCN)NC(=O)[C@H](CCCN=C(N)N)NC(=O)c3ccccc3)c3ccc(OCc4ccccc4)cc3)C2=O)c1. The van der Waals surface area contributed by atoms with Gasteiger partial charge in [-0.3, -0.25) is 29.0 Å². The summed E-state index contributed by atoms with van der Waals surface area (Å²) in [5.74, 6) is -2.18. The highest BCUT2D eigenvalue weighted by molar-refractivity contribution is 6.06. The Morgan fingerprint density at radius 1 is 0.780 bits per heavy atom. The number of anilines is 1. The number of aliphatic imine (C=N–C) groups is 1. The Kier molecular flexibility index (Phi) is 16.0. The van der Waals surface area contributed by atoms with Crippen molar-refractivity contribution in [3.05, 3.63) is 131 Å². The Hall–Kier alpha value is -6.74. The lowest BCUT2D eigenvalue weighted by molar-refractivity contribution is -0.135. The highest BCUT2D eigenvalue weighted by atomic mass is 16.5. The van der Waals surface area contributed by atoms with Gasteiger partial charge in [-0.15, -0.1) is 0 Å². The largest absolute Gasteiger partial charge is 0.489 e. The fourth-order valence-corrected chi connectivity index (χ4v) is 6.50. The zero-order valence-corrected chi connectivity index (χ0v) is 33.1. The van der Waals surface area contributed by atoms with Gasteiger partial charge in [0.2, 0.25) is 17.7 Å². The first-order valence-corrected chi connectivity index (χ1v) is 19.7. The molecule has 1 saturated heterocycles. The number of ether oxygens (including phenoxy) is 1. The fraction of sp³-hybridized carbons (Fsp3) is 0.318. The summed E-state index contributed by atoms with van der Waals surface area (Å²) in [6.45, 7) is 3.08. The van der Waals surface area contributed by atoms with Crippen molar-refractivity contribution in [3.63, 3.8) is 0 Å². The van der Waals surface area contributed by atoms with Gasteiger partial charge in [-0.2, -0.15) is 0 Å². The van der Waals surface area contributed by atoms with Crippen molar-refractivity contribution < 1.29 is 28.7 Å². The lowest BCUT2D eigenvalue weighted by Crippen LogP contribution is -2.65. The number of aryl methyl sites for hydroxylation is 1. The van der Waals surface area contributed by atoms with Crippen LogP contribution >= 0.6 is 0 Å². The van der Waals surface area contributed by atoms with Crippen molar-refractivity contribution in [1.29, 1.82) is 0 Å². The number of carbonyl (C=O) groups is 5. The average Bonchev–Trinajstić information content (AvgIpc) is 3.24. The number of carbonyl (C=O) groups excluding carboxylic acids is 5. The summed E-state index contributed by atoms with van der Waals surface area (Å²) < 4.78 is 5.95. The van der Waals surface area contributed by atoms with Gasteiger partial charge in [0.15, 0.2) is 5.96 Å². The number of unbranched alkanes of at least 4 members (excludes halogenated alkanes) is 1. The molecule has 5 amide bonds. The summed E-state index contributed by atoms with van der Waals surface area (Å²) in [6.07, 6.45) is 1.76. The minimum atomic E-state index is -1.26. The smallest absolute Gasteiger partial charge is 0.251 e. The molecule has 0 aliphatic carbocycles. The monoisotopic (exact) mass is 803 g/mol. The second-order valence-corrected chi connectivity index (χ2v) is 14.3. The predicted octanol–water partition coefficient (Wildman–Crippen LogP) is 2.73. The quantitative estimate of drug-likeness (QED) is 0.0284. The second-order valence-electron chi connectivity index (χ2n) is 14.3. The topological polar surface area (TPSA) is 236 Å². The molecular formula is C44H53N9O6. The molecule has 310 valence electrons. The Morgan fingerprint density at radius 3 is 2.10 bits per heavy atom. The molecular weight excluding hydrogens is 751 g/mol. The van der Waals surface area contributed by atoms with Gasteiger partial charge in [0.25, 0.3) is 11.8 Å². The number of nitrogens with zero attached hydrogens (tertiary/aromatic N) is 2. The standard InChI is InChI=1S/C44H53N9O6/c1-29-12-10-17-33(26-29)53-27-37(43(53)58)51-42(57)38(31-20-22-34(23-21-31)59-28-30-13-4-2-5-14-30)52-41(56)35(18-8-9-24-45)50-40(55)36(19-11-25-48-44(46)47)49-39(54)32-15-6-3-7-16-32/h2-7,10,12-17,20-23,26,35-38H,8-9,11,18-19,24-25,27-28,45H2,1H3,(H,49,54)(H,50,55)(H,51,57)(H,52,56)(H4,46,47,48)/t35-,36-,37-,38+/m0/s1. The van der Waals surface area contributed by atoms with Crippen molar-refractivity contribution in [1.82, 2.24) is 21.3 Å². The van der Waals surface area contributed by atoms with E-state index >= 15 is 0 Å². The van der Waals surface area contributed by atoms with Crippen LogP contribution in [-0.4, -0.2) is 73.3 Å². The molecule has 15 nitrogen and oxygen atoms in total. The zero-order valence-electron chi connectivity index (χ0n) is 33.1. The number of hydrogen-bond donors (Lipinski definition) is 7. The normalized spacial score (nSPS) is 14.8. The van der Waals surface area contributed by atoms with Crippen molar-refractivity contribution in [2.45, 2.75) is 69.8 Å². The van der Waals surface area contributed by atoms with E-state index < -0.39 is 47.8 Å². The number of guanidine groups is 1. The number of rotatable bonds is 21. The van der Waals surface area contributed by atoms with Gasteiger partial charge in [0.05, 0.1) is 6.54 Å². The Bertz CT molecular complexity index is 2060. The summed E-state index contributed by atoms with van der Waals surface area (Å²) in [5, 5.41) is 11.2. The molecule has 0 aromatic heterocycles. The maximum atomic E-state index is 14.2. The van der Waals surface area contributed by atoms with E-state index in [0.29, 0.717) is 49.3 Å². The van der Waals surface area contributed by atoms with Gasteiger partial charge in [0, 0.05) is 17.8 Å². The molecule has 0 spiro atoms. The van der Waals surface area contributed by atoms with Crippen molar-refractivity contribution in [2.75, 3.05) is 24.5 Å². The van der Waals surface area contributed by atoms with E-state index in [4.69, 9.17) is 21.9 Å². The van der Waals surface area contributed by atoms with E-state index in [9.17, 15) is 24.0 Å². The first-order valence-electron chi connectivity index (χ1n) is 19.7. The van der Waals surface area contributed by atoms with Gasteiger partial charge in [-0.1, -0.05) is 72.8 Å². The van der Waals surface area contributed by atoms with Gasteiger partial charge < -0.3 is 48.1 Å². The molecule has 4 aromatic rings. The zero-order chi connectivity index (χ0) is 42.1. The van der Waals surface area contributed by atoms with Crippen LogP contribution in [0.25, 0.3) is 0 Å². The van der Waals surface area contributed by atoms with Crippen LogP contribution in [0.4, 0.5) is 5.69 Å². The van der Waals surface area contributed by atoms with Gasteiger partial charge in [-0.05, 0) is 98.7 Å². The van der Waals surface area contributed by atoms with Crippen LogP contribution in [-0.2, 0) is 25.8 Å². The first kappa shape index (κ1) is 43.4.